The van der Waals surface area contributed by atoms with E-state index in [-0.39, 0.29) is 0 Å². The van der Waals surface area contributed by atoms with Crippen LogP contribution in [-0.4, -0.2) is 80.2 Å². The molecule has 1 aliphatic heterocycles. The number of rotatable bonds is 6. The van der Waals surface area contributed by atoms with Crippen LogP contribution in [-0.2, 0) is 11.3 Å². The molecule has 2 rings (SSSR count). The van der Waals surface area contributed by atoms with Crippen molar-refractivity contribution in [3.8, 4) is 0 Å². The molecule has 7 heteroatoms. The fraction of sp³-hybridized carbons (Fsp3) is 0.714. The standard InChI is InChI=1S/C14H24ClN5O/c1-18(2)4-5-19-6-8-20(9-7-19)14-10-12(15)16-13(17-14)11-21-3/h10H,4-9,11H2,1-3H3. The molecule has 0 bridgehead atoms. The van der Waals surface area contributed by atoms with Gasteiger partial charge in [-0.05, 0) is 14.1 Å². The first-order valence-corrected chi connectivity index (χ1v) is 7.60. The number of hydrogen-bond acceptors (Lipinski definition) is 6. The van der Waals surface area contributed by atoms with Crippen molar-refractivity contribution in [2.45, 2.75) is 6.61 Å². The Morgan fingerprint density at radius 1 is 1.24 bits per heavy atom. The molecule has 0 amide bonds. The summed E-state index contributed by atoms with van der Waals surface area (Å²) < 4.78 is 5.08. The van der Waals surface area contributed by atoms with Crippen LogP contribution in [0.1, 0.15) is 5.82 Å². The van der Waals surface area contributed by atoms with Gasteiger partial charge in [0.25, 0.3) is 0 Å². The van der Waals surface area contributed by atoms with E-state index in [9.17, 15) is 0 Å². The Labute approximate surface area is 131 Å². The van der Waals surface area contributed by atoms with E-state index >= 15 is 0 Å². The van der Waals surface area contributed by atoms with E-state index in [1.54, 1.807) is 7.11 Å². The number of aromatic nitrogens is 2. The predicted molar refractivity (Wildman–Crippen MR) is 85.0 cm³/mol. The third-order valence-corrected chi connectivity index (χ3v) is 3.75. The van der Waals surface area contributed by atoms with Crippen molar-refractivity contribution in [1.82, 2.24) is 19.8 Å². The number of halogens is 1. The monoisotopic (exact) mass is 313 g/mol. The van der Waals surface area contributed by atoms with Crippen molar-refractivity contribution in [2.75, 3.05) is 65.4 Å². The largest absolute Gasteiger partial charge is 0.377 e. The molecule has 2 heterocycles. The van der Waals surface area contributed by atoms with Crippen LogP contribution >= 0.6 is 11.6 Å². The Kier molecular flexibility index (Phi) is 6.17. The second kappa shape index (κ2) is 7.89. The summed E-state index contributed by atoms with van der Waals surface area (Å²) in [5.74, 6) is 1.53. The topological polar surface area (TPSA) is 44.7 Å². The highest BCUT2D eigenvalue weighted by atomic mass is 35.5. The molecule has 0 atom stereocenters. The number of ether oxygens (including phenoxy) is 1. The lowest BCUT2D eigenvalue weighted by Crippen LogP contribution is -2.48. The van der Waals surface area contributed by atoms with E-state index < -0.39 is 0 Å². The lowest BCUT2D eigenvalue weighted by Gasteiger charge is -2.35. The highest BCUT2D eigenvalue weighted by molar-refractivity contribution is 6.29. The molecule has 6 nitrogen and oxygen atoms in total. The van der Waals surface area contributed by atoms with Gasteiger partial charge in [0.15, 0.2) is 5.82 Å². The molecule has 0 aromatic carbocycles. The molecule has 1 fully saturated rings. The Morgan fingerprint density at radius 3 is 2.57 bits per heavy atom. The molecular weight excluding hydrogens is 290 g/mol. The maximum atomic E-state index is 6.07. The Bertz CT molecular complexity index is 449. The second-order valence-corrected chi connectivity index (χ2v) is 5.92. The van der Waals surface area contributed by atoms with Crippen LogP contribution in [0.15, 0.2) is 6.07 Å². The van der Waals surface area contributed by atoms with Gasteiger partial charge < -0.3 is 14.5 Å². The number of methoxy groups -OCH3 is 1. The van der Waals surface area contributed by atoms with Crippen molar-refractivity contribution in [3.05, 3.63) is 17.0 Å². The molecule has 1 aromatic heterocycles. The van der Waals surface area contributed by atoms with E-state index in [1.165, 1.54) is 0 Å². The van der Waals surface area contributed by atoms with Gasteiger partial charge in [0.2, 0.25) is 0 Å². The SMILES string of the molecule is COCc1nc(Cl)cc(N2CCN(CCN(C)C)CC2)n1. The average molecular weight is 314 g/mol. The van der Waals surface area contributed by atoms with Crippen LogP contribution < -0.4 is 4.90 Å². The van der Waals surface area contributed by atoms with E-state index in [4.69, 9.17) is 16.3 Å². The molecule has 0 spiro atoms. The minimum atomic E-state index is 0.385. The van der Waals surface area contributed by atoms with E-state index in [1.807, 2.05) is 6.07 Å². The minimum absolute atomic E-state index is 0.385. The van der Waals surface area contributed by atoms with Crippen LogP contribution in [0.4, 0.5) is 5.82 Å². The molecule has 1 aliphatic rings. The summed E-state index contributed by atoms with van der Waals surface area (Å²) >= 11 is 6.07. The van der Waals surface area contributed by atoms with Crippen molar-refractivity contribution >= 4 is 17.4 Å². The number of hydrogen-bond donors (Lipinski definition) is 0. The summed E-state index contributed by atoms with van der Waals surface area (Å²) in [6.45, 7) is 6.62. The molecule has 0 radical (unpaired) electrons. The van der Waals surface area contributed by atoms with Crippen LogP contribution in [0.2, 0.25) is 5.15 Å². The second-order valence-electron chi connectivity index (χ2n) is 5.53. The minimum Gasteiger partial charge on any atom is -0.377 e. The van der Waals surface area contributed by atoms with Gasteiger partial charge in [0.05, 0.1) is 0 Å². The molecule has 0 N–H and O–H groups in total. The summed E-state index contributed by atoms with van der Waals surface area (Å²) in [6, 6.07) is 1.83. The molecular formula is C14H24ClN5O. The van der Waals surface area contributed by atoms with E-state index in [2.05, 4.69) is 38.8 Å². The number of anilines is 1. The summed E-state index contributed by atoms with van der Waals surface area (Å²) in [6.07, 6.45) is 0. The fourth-order valence-electron chi connectivity index (χ4n) is 2.35. The van der Waals surface area contributed by atoms with Crippen LogP contribution in [0.3, 0.4) is 0 Å². The first kappa shape index (κ1) is 16.4. The van der Waals surface area contributed by atoms with Crippen molar-refractivity contribution in [2.24, 2.45) is 0 Å². The zero-order valence-corrected chi connectivity index (χ0v) is 13.8. The summed E-state index contributed by atoms with van der Waals surface area (Å²) in [5.41, 5.74) is 0. The Hall–Kier alpha value is -0.950. The molecule has 0 unspecified atom stereocenters. The molecule has 21 heavy (non-hydrogen) atoms. The number of likely N-dealkylation sites (N-methyl/N-ethyl adjacent to an activating group) is 1. The highest BCUT2D eigenvalue weighted by Crippen LogP contribution is 2.18. The molecule has 0 aliphatic carbocycles. The third kappa shape index (κ3) is 5.07. The lowest BCUT2D eigenvalue weighted by atomic mass is 10.3. The van der Waals surface area contributed by atoms with Crippen molar-refractivity contribution < 1.29 is 4.74 Å². The van der Waals surface area contributed by atoms with Gasteiger partial charge in [-0.3, -0.25) is 4.90 Å². The van der Waals surface area contributed by atoms with E-state index in [0.29, 0.717) is 17.6 Å². The first-order valence-electron chi connectivity index (χ1n) is 7.23. The van der Waals surface area contributed by atoms with Crippen LogP contribution in [0, 0.1) is 0 Å². The number of piperazine rings is 1. The Morgan fingerprint density at radius 2 is 1.95 bits per heavy atom. The molecule has 118 valence electrons. The molecule has 1 saturated heterocycles. The lowest BCUT2D eigenvalue weighted by molar-refractivity contribution is 0.177. The van der Waals surface area contributed by atoms with Crippen molar-refractivity contribution in [3.63, 3.8) is 0 Å². The predicted octanol–water partition coefficient (Wildman–Crippen LogP) is 0.960. The van der Waals surface area contributed by atoms with Gasteiger partial charge in [-0.15, -0.1) is 0 Å². The van der Waals surface area contributed by atoms with E-state index in [0.717, 1.165) is 45.1 Å². The zero-order valence-electron chi connectivity index (χ0n) is 13.0. The molecule has 1 aromatic rings. The maximum Gasteiger partial charge on any atom is 0.158 e. The van der Waals surface area contributed by atoms with Gasteiger partial charge in [-0.25, -0.2) is 9.97 Å². The summed E-state index contributed by atoms with van der Waals surface area (Å²) in [7, 11) is 5.85. The average Bonchev–Trinajstić information content (AvgIpc) is 2.45. The normalized spacial score (nSPS) is 16.7. The van der Waals surface area contributed by atoms with Gasteiger partial charge in [0, 0.05) is 52.4 Å². The summed E-state index contributed by atoms with van der Waals surface area (Å²) in [4.78, 5) is 15.7. The Balaban J connectivity index is 1.92. The van der Waals surface area contributed by atoms with Gasteiger partial charge in [0.1, 0.15) is 17.6 Å². The quantitative estimate of drug-likeness (QED) is 0.729. The van der Waals surface area contributed by atoms with Crippen LogP contribution in [0.5, 0.6) is 0 Å². The molecule has 0 saturated carbocycles. The zero-order chi connectivity index (χ0) is 15.2. The fourth-order valence-corrected chi connectivity index (χ4v) is 2.54. The smallest absolute Gasteiger partial charge is 0.158 e. The van der Waals surface area contributed by atoms with Crippen LogP contribution in [0.25, 0.3) is 0 Å². The highest BCUT2D eigenvalue weighted by Gasteiger charge is 2.19. The summed E-state index contributed by atoms with van der Waals surface area (Å²) in [5, 5.41) is 0.474. The third-order valence-electron chi connectivity index (χ3n) is 3.56. The number of nitrogens with zero attached hydrogens (tertiary/aromatic N) is 5. The van der Waals surface area contributed by atoms with Gasteiger partial charge in [-0.2, -0.15) is 0 Å². The van der Waals surface area contributed by atoms with Crippen molar-refractivity contribution in [1.29, 1.82) is 0 Å². The van der Waals surface area contributed by atoms with Gasteiger partial charge in [-0.1, -0.05) is 11.6 Å². The maximum absolute atomic E-state index is 6.07. The first-order chi connectivity index (χ1) is 10.1. The van der Waals surface area contributed by atoms with Gasteiger partial charge >= 0.3 is 0 Å².